The van der Waals surface area contributed by atoms with E-state index in [1.807, 2.05) is 0 Å². The third-order valence-corrected chi connectivity index (χ3v) is 2.11. The fraction of sp³-hybridized carbons (Fsp3) is 0.400. The molecule has 0 amide bonds. The van der Waals surface area contributed by atoms with Gasteiger partial charge < -0.3 is 15.6 Å². The molecule has 3 nitrogen and oxygen atoms in total. The van der Waals surface area contributed by atoms with Crippen LogP contribution in [0.5, 0.6) is 5.75 Å². The Morgan fingerprint density at radius 2 is 2.07 bits per heavy atom. The Balaban J connectivity index is 3.05. The van der Waals surface area contributed by atoms with Crippen LogP contribution in [0, 0.1) is 0 Å². The molecule has 1 atom stereocenters. The lowest BCUT2D eigenvalue weighted by Gasteiger charge is -2.22. The van der Waals surface area contributed by atoms with Crippen molar-refractivity contribution in [1.29, 1.82) is 0 Å². The number of ether oxygens (including phenoxy) is 1. The molecule has 3 N–H and O–H groups in total. The molecular formula is C10H13F2NO2. The van der Waals surface area contributed by atoms with Gasteiger partial charge in [0.15, 0.2) is 0 Å². The second-order valence-electron chi connectivity index (χ2n) is 3.11. The van der Waals surface area contributed by atoms with E-state index in [0.717, 1.165) is 0 Å². The van der Waals surface area contributed by atoms with Crippen LogP contribution >= 0.6 is 0 Å². The number of rotatable bonds is 4. The van der Waals surface area contributed by atoms with Crippen LogP contribution in [0.3, 0.4) is 0 Å². The summed E-state index contributed by atoms with van der Waals surface area (Å²) in [6, 6.07) is 6.07. The second kappa shape index (κ2) is 4.55. The first kappa shape index (κ1) is 11.9. The Morgan fingerprint density at radius 3 is 2.60 bits per heavy atom. The minimum absolute atomic E-state index is 0.0375. The Labute approximate surface area is 86.5 Å². The predicted octanol–water partition coefficient (Wildman–Crippen LogP) is 1.32. The predicted molar refractivity (Wildman–Crippen MR) is 52.0 cm³/mol. The van der Waals surface area contributed by atoms with Gasteiger partial charge >= 0.3 is 0 Å². The molecule has 0 aliphatic heterocycles. The minimum Gasteiger partial charge on any atom is -0.496 e. The third-order valence-electron chi connectivity index (χ3n) is 2.11. The molecule has 1 unspecified atom stereocenters. The zero-order valence-electron chi connectivity index (χ0n) is 8.28. The maximum atomic E-state index is 13.1. The van der Waals surface area contributed by atoms with Crippen molar-refractivity contribution in [2.45, 2.75) is 12.0 Å². The summed E-state index contributed by atoms with van der Waals surface area (Å²) in [5, 5.41) is 9.45. The maximum Gasteiger partial charge on any atom is 0.289 e. The zero-order valence-corrected chi connectivity index (χ0v) is 8.28. The van der Waals surface area contributed by atoms with E-state index in [0.29, 0.717) is 0 Å². The number of para-hydroxylation sites is 1. The summed E-state index contributed by atoms with van der Waals surface area (Å²) >= 11 is 0. The van der Waals surface area contributed by atoms with E-state index in [2.05, 4.69) is 0 Å². The first-order chi connectivity index (χ1) is 7.03. The second-order valence-corrected chi connectivity index (χ2v) is 3.11. The molecule has 0 heterocycles. The quantitative estimate of drug-likeness (QED) is 0.799. The zero-order chi connectivity index (χ0) is 11.5. The molecule has 0 bridgehead atoms. The first-order valence-electron chi connectivity index (χ1n) is 4.42. The number of hydrogen-bond donors (Lipinski definition) is 2. The van der Waals surface area contributed by atoms with Crippen LogP contribution in [-0.2, 0) is 0 Å². The molecule has 0 aliphatic rings. The summed E-state index contributed by atoms with van der Waals surface area (Å²) in [5.74, 6) is -3.13. The van der Waals surface area contributed by atoms with Gasteiger partial charge in [-0.2, -0.15) is 0 Å². The van der Waals surface area contributed by atoms with E-state index in [4.69, 9.17) is 10.5 Å². The highest BCUT2D eigenvalue weighted by Crippen LogP contribution is 2.35. The van der Waals surface area contributed by atoms with Crippen LogP contribution in [0.1, 0.15) is 11.7 Å². The lowest BCUT2D eigenvalue weighted by atomic mass is 10.0. The summed E-state index contributed by atoms with van der Waals surface area (Å²) in [6.07, 6.45) is -1.95. The van der Waals surface area contributed by atoms with Crippen molar-refractivity contribution in [3.05, 3.63) is 29.8 Å². The van der Waals surface area contributed by atoms with Crippen molar-refractivity contribution in [2.75, 3.05) is 13.7 Å². The summed E-state index contributed by atoms with van der Waals surface area (Å²) in [4.78, 5) is 0. The van der Waals surface area contributed by atoms with E-state index in [-0.39, 0.29) is 11.3 Å². The molecule has 0 saturated heterocycles. The molecular weight excluding hydrogens is 204 g/mol. The van der Waals surface area contributed by atoms with E-state index in [9.17, 15) is 13.9 Å². The molecule has 0 radical (unpaired) electrons. The third kappa shape index (κ3) is 2.43. The van der Waals surface area contributed by atoms with Crippen molar-refractivity contribution in [3.8, 4) is 5.75 Å². The van der Waals surface area contributed by atoms with Crippen molar-refractivity contribution in [3.63, 3.8) is 0 Å². The number of benzene rings is 1. The van der Waals surface area contributed by atoms with Crippen LogP contribution in [-0.4, -0.2) is 24.7 Å². The molecule has 0 spiro atoms. The Bertz CT molecular complexity index is 331. The number of halogens is 2. The molecule has 0 fully saturated rings. The highest BCUT2D eigenvalue weighted by molar-refractivity contribution is 5.36. The van der Waals surface area contributed by atoms with Crippen LogP contribution < -0.4 is 10.5 Å². The summed E-state index contributed by atoms with van der Waals surface area (Å²) < 4.78 is 31.1. The fourth-order valence-electron chi connectivity index (χ4n) is 1.23. The van der Waals surface area contributed by atoms with E-state index in [1.54, 1.807) is 12.1 Å². The molecule has 1 rings (SSSR count). The average Bonchev–Trinajstić information content (AvgIpc) is 2.28. The number of methoxy groups -OCH3 is 1. The van der Waals surface area contributed by atoms with Gasteiger partial charge in [0.1, 0.15) is 11.9 Å². The van der Waals surface area contributed by atoms with Gasteiger partial charge in [0.2, 0.25) is 0 Å². The fourth-order valence-corrected chi connectivity index (χ4v) is 1.23. The van der Waals surface area contributed by atoms with Gasteiger partial charge in [0, 0.05) is 5.56 Å². The molecule has 5 heteroatoms. The Morgan fingerprint density at radius 1 is 1.47 bits per heavy atom. The smallest absolute Gasteiger partial charge is 0.289 e. The van der Waals surface area contributed by atoms with Crippen molar-refractivity contribution < 1.29 is 18.6 Å². The van der Waals surface area contributed by atoms with E-state index < -0.39 is 18.6 Å². The Hall–Kier alpha value is -1.20. The standard InChI is InChI=1S/C10H13F2NO2/c1-15-8-5-3-2-4-7(8)9(14)10(11,12)6-13/h2-5,9,14H,6,13H2,1H3. The normalized spacial score (nSPS) is 13.7. The molecule has 1 aromatic rings. The van der Waals surface area contributed by atoms with Gasteiger partial charge in [0.05, 0.1) is 13.7 Å². The summed E-state index contributed by atoms with van der Waals surface area (Å²) in [6.45, 7) is -0.911. The minimum atomic E-state index is -3.35. The van der Waals surface area contributed by atoms with Crippen LogP contribution in [0.15, 0.2) is 24.3 Å². The molecule has 15 heavy (non-hydrogen) atoms. The molecule has 1 aromatic carbocycles. The number of aliphatic hydroxyl groups excluding tert-OH is 1. The number of alkyl halides is 2. The van der Waals surface area contributed by atoms with Crippen molar-refractivity contribution in [1.82, 2.24) is 0 Å². The van der Waals surface area contributed by atoms with Crippen LogP contribution in [0.2, 0.25) is 0 Å². The van der Waals surface area contributed by atoms with Crippen LogP contribution in [0.4, 0.5) is 8.78 Å². The molecule has 84 valence electrons. The number of nitrogens with two attached hydrogens (primary N) is 1. The highest BCUT2D eigenvalue weighted by Gasteiger charge is 2.39. The lowest BCUT2D eigenvalue weighted by molar-refractivity contribution is -0.103. The van der Waals surface area contributed by atoms with Gasteiger partial charge in [0.25, 0.3) is 5.92 Å². The van der Waals surface area contributed by atoms with Gasteiger partial charge in [-0.15, -0.1) is 0 Å². The topological polar surface area (TPSA) is 55.5 Å². The molecule has 0 aromatic heterocycles. The average molecular weight is 217 g/mol. The van der Waals surface area contributed by atoms with Gasteiger partial charge in [-0.3, -0.25) is 0 Å². The summed E-state index contributed by atoms with van der Waals surface area (Å²) in [7, 11) is 1.35. The first-order valence-corrected chi connectivity index (χ1v) is 4.42. The largest absolute Gasteiger partial charge is 0.496 e. The number of aliphatic hydroxyl groups is 1. The SMILES string of the molecule is COc1ccccc1C(O)C(F)(F)CN. The Kier molecular flexibility index (Phi) is 3.60. The molecule has 0 saturated carbocycles. The maximum absolute atomic E-state index is 13.1. The molecule has 0 aliphatic carbocycles. The highest BCUT2D eigenvalue weighted by atomic mass is 19.3. The van der Waals surface area contributed by atoms with E-state index in [1.165, 1.54) is 19.2 Å². The van der Waals surface area contributed by atoms with Crippen LogP contribution in [0.25, 0.3) is 0 Å². The van der Waals surface area contributed by atoms with Gasteiger partial charge in [-0.05, 0) is 6.07 Å². The van der Waals surface area contributed by atoms with Gasteiger partial charge in [-0.25, -0.2) is 8.78 Å². The lowest BCUT2D eigenvalue weighted by Crippen LogP contribution is -2.35. The van der Waals surface area contributed by atoms with Crippen molar-refractivity contribution in [2.24, 2.45) is 5.73 Å². The van der Waals surface area contributed by atoms with Crippen molar-refractivity contribution >= 4 is 0 Å². The number of hydrogen-bond acceptors (Lipinski definition) is 3. The monoisotopic (exact) mass is 217 g/mol. The van der Waals surface area contributed by atoms with Gasteiger partial charge in [-0.1, -0.05) is 18.2 Å². The van der Waals surface area contributed by atoms with E-state index >= 15 is 0 Å². The summed E-state index contributed by atoms with van der Waals surface area (Å²) in [5.41, 5.74) is 4.92.